The first-order chi connectivity index (χ1) is 7.40. The van der Waals surface area contributed by atoms with Crippen molar-refractivity contribution >= 4 is 23.3 Å². The predicted octanol–water partition coefficient (Wildman–Crippen LogP) is 2.29. The molecule has 5 heteroatoms. The molecule has 0 bridgehead atoms. The van der Waals surface area contributed by atoms with Gasteiger partial charge in [-0.2, -0.15) is 4.37 Å². The van der Waals surface area contributed by atoms with Gasteiger partial charge in [-0.3, -0.25) is 0 Å². The number of nitrogens with zero attached hydrogens (tertiary/aromatic N) is 2. The van der Waals surface area contributed by atoms with Crippen LogP contribution in [0.4, 0.5) is 0 Å². The van der Waals surface area contributed by atoms with Crippen molar-refractivity contribution in [1.29, 1.82) is 0 Å². The smallest absolute Gasteiger partial charge is 0.170 e. The minimum atomic E-state index is 0.590. The second-order valence-corrected chi connectivity index (χ2v) is 4.97. The van der Waals surface area contributed by atoms with Gasteiger partial charge in [0.15, 0.2) is 4.34 Å². The van der Waals surface area contributed by atoms with Gasteiger partial charge in [0.2, 0.25) is 0 Å². The van der Waals surface area contributed by atoms with E-state index in [1.165, 1.54) is 22.7 Å². The topological polar surface area (TPSA) is 51.8 Å². The Labute approximate surface area is 96.9 Å². The van der Waals surface area contributed by atoms with E-state index in [1.807, 2.05) is 12.1 Å². The largest absolute Gasteiger partial charge is 0.326 e. The summed E-state index contributed by atoms with van der Waals surface area (Å²) in [7, 11) is 0. The lowest BCUT2D eigenvalue weighted by molar-refractivity contribution is 1.04. The van der Waals surface area contributed by atoms with E-state index in [0.29, 0.717) is 6.54 Å². The van der Waals surface area contributed by atoms with Crippen LogP contribution in [0.1, 0.15) is 11.1 Å². The van der Waals surface area contributed by atoms with Crippen molar-refractivity contribution in [2.45, 2.75) is 16.6 Å². The van der Waals surface area contributed by atoms with Crippen molar-refractivity contribution in [3.63, 3.8) is 0 Å². The van der Waals surface area contributed by atoms with Gasteiger partial charge in [0, 0.05) is 12.3 Å². The Kier molecular flexibility index (Phi) is 3.71. The lowest BCUT2D eigenvalue weighted by atomic mass is 10.1. The molecule has 0 saturated heterocycles. The Morgan fingerprint density at radius 2 is 2.07 bits per heavy atom. The Balaban J connectivity index is 2.04. The normalized spacial score (nSPS) is 10.5. The average Bonchev–Trinajstić information content (AvgIpc) is 2.79. The summed E-state index contributed by atoms with van der Waals surface area (Å²) in [4.78, 5) is 4.13. The highest BCUT2D eigenvalue weighted by atomic mass is 32.2. The predicted molar refractivity (Wildman–Crippen MR) is 63.8 cm³/mol. The molecule has 2 rings (SSSR count). The highest BCUT2D eigenvalue weighted by molar-refractivity contribution is 8.00. The van der Waals surface area contributed by atoms with Crippen molar-refractivity contribution in [2.75, 3.05) is 0 Å². The molecule has 0 radical (unpaired) electrons. The summed E-state index contributed by atoms with van der Waals surface area (Å²) >= 11 is 3.13. The van der Waals surface area contributed by atoms with Gasteiger partial charge in [0.1, 0.15) is 6.33 Å². The van der Waals surface area contributed by atoms with Crippen molar-refractivity contribution < 1.29 is 0 Å². The van der Waals surface area contributed by atoms with Crippen LogP contribution in [0, 0.1) is 0 Å². The molecule has 2 N–H and O–H groups in total. The lowest BCUT2D eigenvalue weighted by Gasteiger charge is -2.05. The SMILES string of the molecule is NCc1ccccc1CSc1ncns1. The van der Waals surface area contributed by atoms with Crippen LogP contribution in [0.25, 0.3) is 0 Å². The third kappa shape index (κ3) is 2.77. The maximum absolute atomic E-state index is 5.66. The monoisotopic (exact) mass is 237 g/mol. The van der Waals surface area contributed by atoms with Crippen molar-refractivity contribution in [3.8, 4) is 0 Å². The van der Waals surface area contributed by atoms with E-state index in [-0.39, 0.29) is 0 Å². The number of thioether (sulfide) groups is 1. The summed E-state index contributed by atoms with van der Waals surface area (Å²) in [6, 6.07) is 8.22. The van der Waals surface area contributed by atoms with Gasteiger partial charge in [-0.05, 0) is 22.7 Å². The van der Waals surface area contributed by atoms with Crippen LogP contribution >= 0.6 is 23.3 Å². The van der Waals surface area contributed by atoms with Gasteiger partial charge in [-0.15, -0.1) is 0 Å². The molecule has 0 unspecified atom stereocenters. The molecule has 0 aliphatic carbocycles. The van der Waals surface area contributed by atoms with Crippen molar-refractivity contribution in [3.05, 3.63) is 41.7 Å². The molecule has 0 aliphatic rings. The summed E-state index contributed by atoms with van der Waals surface area (Å²) in [6.07, 6.45) is 1.59. The van der Waals surface area contributed by atoms with Crippen LogP contribution in [0.15, 0.2) is 34.9 Å². The molecular weight excluding hydrogens is 226 g/mol. The molecule has 2 aromatic rings. The fourth-order valence-electron chi connectivity index (χ4n) is 1.26. The number of hydrogen-bond acceptors (Lipinski definition) is 5. The molecule has 0 atom stereocenters. The van der Waals surface area contributed by atoms with Gasteiger partial charge >= 0.3 is 0 Å². The summed E-state index contributed by atoms with van der Waals surface area (Å²) in [5, 5.41) is 0. The Morgan fingerprint density at radius 1 is 1.27 bits per heavy atom. The lowest BCUT2D eigenvalue weighted by Crippen LogP contribution is -2.00. The van der Waals surface area contributed by atoms with Gasteiger partial charge in [-0.1, -0.05) is 36.0 Å². The van der Waals surface area contributed by atoms with Crippen molar-refractivity contribution in [2.24, 2.45) is 5.73 Å². The third-order valence-corrected chi connectivity index (χ3v) is 3.88. The molecule has 0 spiro atoms. The van der Waals surface area contributed by atoms with Crippen LogP contribution in [0.5, 0.6) is 0 Å². The molecular formula is C10H11N3S2. The van der Waals surface area contributed by atoms with Gasteiger partial charge in [0.25, 0.3) is 0 Å². The first kappa shape index (κ1) is 10.6. The van der Waals surface area contributed by atoms with E-state index >= 15 is 0 Å². The van der Waals surface area contributed by atoms with Gasteiger partial charge in [-0.25, -0.2) is 4.98 Å². The van der Waals surface area contributed by atoms with E-state index in [0.717, 1.165) is 10.1 Å². The van der Waals surface area contributed by atoms with Crippen molar-refractivity contribution in [1.82, 2.24) is 9.36 Å². The van der Waals surface area contributed by atoms with Crippen LogP contribution < -0.4 is 5.73 Å². The summed E-state index contributed by atoms with van der Waals surface area (Å²) < 4.78 is 4.96. The number of rotatable bonds is 4. The quantitative estimate of drug-likeness (QED) is 0.829. The Morgan fingerprint density at radius 3 is 2.73 bits per heavy atom. The Hall–Kier alpha value is -0.910. The van der Waals surface area contributed by atoms with Crippen LogP contribution in [0.2, 0.25) is 0 Å². The second-order valence-electron chi connectivity index (χ2n) is 2.97. The highest BCUT2D eigenvalue weighted by Gasteiger charge is 2.02. The molecule has 0 fully saturated rings. The highest BCUT2D eigenvalue weighted by Crippen LogP contribution is 2.24. The molecule has 15 heavy (non-hydrogen) atoms. The minimum absolute atomic E-state index is 0.590. The van der Waals surface area contributed by atoms with E-state index in [4.69, 9.17) is 5.73 Å². The Bertz CT molecular complexity index is 414. The van der Waals surface area contributed by atoms with E-state index < -0.39 is 0 Å². The second kappa shape index (κ2) is 5.25. The van der Waals surface area contributed by atoms with E-state index in [2.05, 4.69) is 21.5 Å². The zero-order valence-electron chi connectivity index (χ0n) is 8.09. The number of hydrogen-bond donors (Lipinski definition) is 1. The average molecular weight is 237 g/mol. The molecule has 0 amide bonds. The molecule has 1 aromatic carbocycles. The fraction of sp³-hybridized carbons (Fsp3) is 0.200. The van der Waals surface area contributed by atoms with E-state index in [9.17, 15) is 0 Å². The van der Waals surface area contributed by atoms with Crippen LogP contribution in [-0.4, -0.2) is 9.36 Å². The third-order valence-electron chi connectivity index (χ3n) is 2.03. The summed E-state index contributed by atoms with van der Waals surface area (Å²) in [6.45, 7) is 0.590. The molecule has 3 nitrogen and oxygen atoms in total. The van der Waals surface area contributed by atoms with Crippen LogP contribution in [-0.2, 0) is 12.3 Å². The summed E-state index contributed by atoms with van der Waals surface area (Å²) in [5.41, 5.74) is 8.15. The first-order valence-electron chi connectivity index (χ1n) is 4.56. The van der Waals surface area contributed by atoms with Gasteiger partial charge in [0.05, 0.1) is 0 Å². The van der Waals surface area contributed by atoms with Gasteiger partial charge < -0.3 is 5.73 Å². The minimum Gasteiger partial charge on any atom is -0.326 e. The fourth-order valence-corrected chi connectivity index (χ4v) is 2.74. The maximum atomic E-state index is 5.66. The zero-order valence-corrected chi connectivity index (χ0v) is 9.72. The molecule has 78 valence electrons. The maximum Gasteiger partial charge on any atom is 0.170 e. The van der Waals surface area contributed by atoms with E-state index in [1.54, 1.807) is 18.1 Å². The number of benzene rings is 1. The molecule has 1 heterocycles. The molecule has 0 saturated carbocycles. The molecule has 0 aliphatic heterocycles. The standard InChI is InChI=1S/C10H11N3S2/c11-5-8-3-1-2-4-9(8)6-14-10-12-7-13-15-10/h1-4,7H,5-6,11H2. The first-order valence-corrected chi connectivity index (χ1v) is 6.32. The number of aromatic nitrogens is 2. The molecule has 1 aromatic heterocycles. The summed E-state index contributed by atoms with van der Waals surface area (Å²) in [5.74, 6) is 0.905. The zero-order chi connectivity index (χ0) is 10.5. The number of nitrogens with two attached hydrogens (primary N) is 1. The van der Waals surface area contributed by atoms with Crippen LogP contribution in [0.3, 0.4) is 0 Å².